The number of amides is 1. The number of hydrogen-bond acceptors (Lipinski definition) is 5. The third kappa shape index (κ3) is 4.53. The van der Waals surface area contributed by atoms with Crippen LogP contribution < -0.4 is 5.32 Å². The molecule has 1 saturated heterocycles. The summed E-state index contributed by atoms with van der Waals surface area (Å²) in [7, 11) is 0. The third-order valence-corrected chi connectivity index (χ3v) is 4.09. The smallest absolute Gasteiger partial charge is 0.310 e. The van der Waals surface area contributed by atoms with Crippen molar-refractivity contribution in [3.63, 3.8) is 0 Å². The molecule has 134 valence electrons. The van der Waals surface area contributed by atoms with Crippen LogP contribution >= 0.6 is 0 Å². The van der Waals surface area contributed by atoms with Crippen molar-refractivity contribution in [2.45, 2.75) is 25.1 Å². The Bertz CT molecular complexity index is 710. The number of pyridine rings is 1. The number of likely N-dealkylation sites (tertiary alicyclic amines) is 1. The van der Waals surface area contributed by atoms with Crippen LogP contribution in [0, 0.1) is 0 Å². The average molecular weight is 354 g/mol. The van der Waals surface area contributed by atoms with Crippen molar-refractivity contribution < 1.29 is 18.0 Å². The van der Waals surface area contributed by atoms with Crippen molar-refractivity contribution in [2.24, 2.45) is 0 Å². The van der Waals surface area contributed by atoms with Gasteiger partial charge in [-0.05, 0) is 25.0 Å². The molecule has 0 bridgehead atoms. The number of nitrogens with one attached hydrogen (secondary N) is 1. The van der Waals surface area contributed by atoms with Crippen LogP contribution in [-0.4, -0.2) is 50.4 Å². The van der Waals surface area contributed by atoms with Crippen molar-refractivity contribution in [2.75, 3.05) is 25.0 Å². The monoisotopic (exact) mass is 354 g/mol. The van der Waals surface area contributed by atoms with E-state index in [0.717, 1.165) is 31.2 Å². The lowest BCUT2D eigenvalue weighted by molar-refractivity contribution is -0.137. The molecule has 0 saturated carbocycles. The second kappa shape index (κ2) is 7.18. The van der Waals surface area contributed by atoms with Gasteiger partial charge >= 0.3 is 6.18 Å². The summed E-state index contributed by atoms with van der Waals surface area (Å²) in [5, 5.41) is 10.2. The Balaban J connectivity index is 1.50. The highest BCUT2D eigenvalue weighted by atomic mass is 19.4. The lowest BCUT2D eigenvalue weighted by atomic mass is 10.1. The largest absolute Gasteiger partial charge is 0.416 e. The first kappa shape index (κ1) is 17.3. The molecule has 3 heterocycles. The number of alkyl halides is 3. The summed E-state index contributed by atoms with van der Waals surface area (Å²) in [5.41, 5.74) is -0.841. The average Bonchev–Trinajstić information content (AvgIpc) is 3.09. The van der Waals surface area contributed by atoms with E-state index in [4.69, 9.17) is 0 Å². The van der Waals surface area contributed by atoms with Crippen molar-refractivity contribution in [3.8, 4) is 0 Å². The fourth-order valence-electron chi connectivity index (χ4n) is 2.81. The second-order valence-electron chi connectivity index (χ2n) is 5.87. The number of aromatic nitrogens is 4. The molecule has 0 aromatic carbocycles. The Hall–Kier alpha value is -2.49. The Morgan fingerprint density at radius 2 is 2.04 bits per heavy atom. The highest BCUT2D eigenvalue weighted by Gasteiger charge is 2.31. The highest BCUT2D eigenvalue weighted by Crippen LogP contribution is 2.29. The summed E-state index contributed by atoms with van der Waals surface area (Å²) < 4.78 is 39.8. The van der Waals surface area contributed by atoms with Crippen molar-refractivity contribution in [1.29, 1.82) is 0 Å². The molecule has 0 unspecified atom stereocenters. The van der Waals surface area contributed by atoms with E-state index in [1.165, 1.54) is 0 Å². The molecule has 25 heavy (non-hydrogen) atoms. The molecule has 0 aliphatic carbocycles. The van der Waals surface area contributed by atoms with Crippen LogP contribution in [0.5, 0.6) is 0 Å². The summed E-state index contributed by atoms with van der Waals surface area (Å²) >= 11 is 0. The lowest BCUT2D eigenvalue weighted by Crippen LogP contribution is -2.39. The Morgan fingerprint density at radius 1 is 1.28 bits per heavy atom. The highest BCUT2D eigenvalue weighted by molar-refractivity contribution is 5.91. The van der Waals surface area contributed by atoms with Gasteiger partial charge < -0.3 is 5.32 Å². The Labute approximate surface area is 141 Å². The molecule has 10 heteroatoms. The molecule has 1 aliphatic heterocycles. The van der Waals surface area contributed by atoms with Gasteiger partial charge in [0.15, 0.2) is 0 Å². The maximum absolute atomic E-state index is 12.7. The SMILES string of the molecule is O=C(CN1CCC(n2ccnn2)CC1)Nc1cc(C(F)(F)F)ccn1. The van der Waals surface area contributed by atoms with Crippen LogP contribution in [0.3, 0.4) is 0 Å². The third-order valence-electron chi connectivity index (χ3n) is 4.09. The van der Waals surface area contributed by atoms with Crippen LogP contribution in [0.25, 0.3) is 0 Å². The lowest BCUT2D eigenvalue weighted by Gasteiger charge is -2.31. The molecule has 1 aliphatic rings. The van der Waals surface area contributed by atoms with Gasteiger partial charge in [0.2, 0.25) is 5.91 Å². The van der Waals surface area contributed by atoms with Gasteiger partial charge in [0, 0.05) is 25.5 Å². The molecule has 1 amide bonds. The van der Waals surface area contributed by atoms with Crippen LogP contribution in [0.15, 0.2) is 30.7 Å². The van der Waals surface area contributed by atoms with Crippen LogP contribution in [0.4, 0.5) is 19.0 Å². The topological polar surface area (TPSA) is 75.9 Å². The fourth-order valence-corrected chi connectivity index (χ4v) is 2.81. The Kier molecular flexibility index (Phi) is 4.98. The van der Waals surface area contributed by atoms with Crippen molar-refractivity contribution >= 4 is 11.7 Å². The molecule has 0 atom stereocenters. The zero-order valence-corrected chi connectivity index (χ0v) is 13.3. The normalized spacial score (nSPS) is 16.8. The van der Waals surface area contributed by atoms with Crippen LogP contribution in [0.1, 0.15) is 24.4 Å². The molecule has 1 fully saturated rings. The summed E-state index contributed by atoms with van der Waals surface area (Å²) in [4.78, 5) is 17.8. The molecule has 1 N–H and O–H groups in total. The molecule has 7 nitrogen and oxygen atoms in total. The van der Waals surface area contributed by atoms with Gasteiger partial charge in [-0.15, -0.1) is 5.10 Å². The number of anilines is 1. The van der Waals surface area contributed by atoms with Gasteiger partial charge in [0.1, 0.15) is 5.82 Å². The maximum Gasteiger partial charge on any atom is 0.416 e. The van der Waals surface area contributed by atoms with Gasteiger partial charge in [0.05, 0.1) is 24.3 Å². The van der Waals surface area contributed by atoms with Crippen LogP contribution in [0.2, 0.25) is 0 Å². The van der Waals surface area contributed by atoms with Gasteiger partial charge in [-0.25, -0.2) is 9.67 Å². The molecule has 3 rings (SSSR count). The zero-order valence-electron chi connectivity index (χ0n) is 13.3. The number of piperidine rings is 1. The predicted octanol–water partition coefficient (Wildman–Crippen LogP) is 1.97. The standard InChI is InChI=1S/C15H17F3N6O/c16-15(17,18)11-1-4-19-13(9-11)21-14(25)10-23-6-2-12(3-7-23)24-8-5-20-22-24/h1,4-5,8-9,12H,2-3,6-7,10H2,(H,19,21,25). The van der Waals surface area contributed by atoms with Gasteiger partial charge in [0.25, 0.3) is 0 Å². The minimum absolute atomic E-state index is 0.0997. The zero-order chi connectivity index (χ0) is 17.9. The Morgan fingerprint density at radius 3 is 2.68 bits per heavy atom. The van der Waals surface area contributed by atoms with E-state index in [2.05, 4.69) is 20.6 Å². The maximum atomic E-state index is 12.7. The second-order valence-corrected chi connectivity index (χ2v) is 5.87. The van der Waals surface area contributed by atoms with Crippen molar-refractivity contribution in [1.82, 2.24) is 24.9 Å². The number of halogens is 3. The fraction of sp³-hybridized carbons (Fsp3) is 0.467. The number of rotatable bonds is 4. The van der Waals surface area contributed by atoms with Gasteiger partial charge in [-0.2, -0.15) is 13.2 Å². The first-order chi connectivity index (χ1) is 11.9. The van der Waals surface area contributed by atoms with Gasteiger partial charge in [-0.3, -0.25) is 9.69 Å². The first-order valence-corrected chi connectivity index (χ1v) is 7.83. The number of hydrogen-bond donors (Lipinski definition) is 1. The molecule has 2 aromatic heterocycles. The van der Waals surface area contributed by atoms with E-state index in [1.807, 2.05) is 15.8 Å². The van der Waals surface area contributed by atoms with E-state index < -0.39 is 11.7 Å². The van der Waals surface area contributed by atoms with E-state index in [-0.39, 0.29) is 24.3 Å². The summed E-state index contributed by atoms with van der Waals surface area (Å²) in [5.74, 6) is -0.483. The number of carbonyl (C=O) groups is 1. The molecular formula is C15H17F3N6O. The first-order valence-electron chi connectivity index (χ1n) is 7.83. The quantitative estimate of drug-likeness (QED) is 0.908. The van der Waals surface area contributed by atoms with E-state index >= 15 is 0 Å². The molecule has 2 aromatic rings. The summed E-state index contributed by atoms with van der Waals surface area (Å²) in [6.07, 6.45) is 1.67. The van der Waals surface area contributed by atoms with Gasteiger partial charge in [-0.1, -0.05) is 5.21 Å². The van der Waals surface area contributed by atoms with E-state index in [0.29, 0.717) is 13.1 Å². The predicted molar refractivity (Wildman–Crippen MR) is 82.6 cm³/mol. The minimum Gasteiger partial charge on any atom is -0.310 e. The van der Waals surface area contributed by atoms with Crippen LogP contribution in [-0.2, 0) is 11.0 Å². The number of nitrogens with zero attached hydrogens (tertiary/aromatic N) is 5. The molecule has 0 spiro atoms. The van der Waals surface area contributed by atoms with E-state index in [9.17, 15) is 18.0 Å². The molecule has 0 radical (unpaired) electrons. The minimum atomic E-state index is -4.47. The summed E-state index contributed by atoms with van der Waals surface area (Å²) in [6.45, 7) is 1.52. The summed E-state index contributed by atoms with van der Waals surface area (Å²) in [6, 6.07) is 1.95. The van der Waals surface area contributed by atoms with E-state index in [1.54, 1.807) is 6.20 Å². The van der Waals surface area contributed by atoms with Crippen molar-refractivity contribution in [3.05, 3.63) is 36.3 Å². The molecular weight excluding hydrogens is 337 g/mol. The number of carbonyl (C=O) groups excluding carboxylic acids is 1.